The van der Waals surface area contributed by atoms with E-state index in [0.29, 0.717) is 41.3 Å². The molecule has 0 spiro atoms. The van der Waals surface area contributed by atoms with Gasteiger partial charge in [0.2, 0.25) is 5.75 Å². The lowest BCUT2D eigenvalue weighted by Gasteiger charge is -2.27. The minimum absolute atomic E-state index is 0.0138. The van der Waals surface area contributed by atoms with Gasteiger partial charge in [-0.3, -0.25) is 9.59 Å². The zero-order chi connectivity index (χ0) is 26.1. The lowest BCUT2D eigenvalue weighted by atomic mass is 9.94. The van der Waals surface area contributed by atoms with Crippen LogP contribution in [0.15, 0.2) is 35.9 Å². The summed E-state index contributed by atoms with van der Waals surface area (Å²) < 4.78 is 22.2. The number of hydrogen-bond acceptors (Lipinski definition) is 8. The van der Waals surface area contributed by atoms with Gasteiger partial charge in [0.05, 0.1) is 32.9 Å². The molecule has 9 heteroatoms. The van der Waals surface area contributed by atoms with Crippen LogP contribution < -0.4 is 18.9 Å². The van der Waals surface area contributed by atoms with Gasteiger partial charge in [0.15, 0.2) is 11.5 Å². The Hall–Kier alpha value is -3.72. The van der Waals surface area contributed by atoms with Gasteiger partial charge in [-0.05, 0) is 62.5 Å². The number of carbonyl (C=O) groups excluding carboxylic acids is 2. The van der Waals surface area contributed by atoms with Crippen LogP contribution in [0.25, 0.3) is 5.76 Å². The Labute approximate surface area is 210 Å². The van der Waals surface area contributed by atoms with Gasteiger partial charge in [0.25, 0.3) is 11.7 Å². The van der Waals surface area contributed by atoms with Gasteiger partial charge in [-0.2, -0.15) is 0 Å². The van der Waals surface area contributed by atoms with E-state index in [-0.39, 0.29) is 24.0 Å². The first kappa shape index (κ1) is 25.4. The number of likely N-dealkylation sites (tertiary alicyclic amines) is 1. The molecule has 1 N–H and O–H groups in total. The number of ether oxygens (including phenoxy) is 4. The third kappa shape index (κ3) is 4.46. The van der Waals surface area contributed by atoms with E-state index in [0.717, 1.165) is 11.3 Å². The summed E-state index contributed by atoms with van der Waals surface area (Å²) in [5, 5.41) is 11.4. The van der Waals surface area contributed by atoms with Crippen LogP contribution in [0.5, 0.6) is 23.0 Å². The van der Waals surface area contributed by atoms with Crippen LogP contribution in [-0.2, 0) is 16.0 Å². The molecule has 0 saturated carbocycles. The molecule has 1 fully saturated rings. The fraction of sp³-hybridized carbons (Fsp3) is 0.407. The first-order chi connectivity index (χ1) is 17.2. The Bertz CT molecular complexity index is 1200. The van der Waals surface area contributed by atoms with E-state index in [1.807, 2.05) is 32.0 Å². The van der Waals surface area contributed by atoms with Crippen LogP contribution in [0.3, 0.4) is 0 Å². The zero-order valence-electron chi connectivity index (χ0n) is 21.5. The fourth-order valence-electron chi connectivity index (χ4n) is 4.75. The van der Waals surface area contributed by atoms with Crippen molar-refractivity contribution in [2.24, 2.45) is 0 Å². The number of aliphatic hydroxyl groups excluding tert-OH is 1. The number of Topliss-reactive ketones (excluding diaryl/α,β-unsaturated/α-hetero) is 1. The van der Waals surface area contributed by atoms with E-state index in [9.17, 15) is 14.7 Å². The highest BCUT2D eigenvalue weighted by atomic mass is 16.5. The normalized spacial score (nSPS) is 20.5. The summed E-state index contributed by atoms with van der Waals surface area (Å²) in [6.07, 6.45) is 0.734. The van der Waals surface area contributed by atoms with E-state index in [1.54, 1.807) is 24.3 Å². The molecule has 0 unspecified atom stereocenters. The summed E-state index contributed by atoms with van der Waals surface area (Å²) in [6.45, 7) is 2.79. The predicted octanol–water partition coefficient (Wildman–Crippen LogP) is 3.02. The first-order valence-electron chi connectivity index (χ1n) is 11.7. The highest BCUT2D eigenvalue weighted by Crippen LogP contribution is 2.46. The number of aliphatic hydroxyl groups is 1. The van der Waals surface area contributed by atoms with Gasteiger partial charge in [-0.1, -0.05) is 0 Å². The number of fused-ring (bicyclic) bond motifs is 1. The summed E-state index contributed by atoms with van der Waals surface area (Å²) in [6, 6.07) is 7.85. The minimum Gasteiger partial charge on any atom is -0.507 e. The van der Waals surface area contributed by atoms with Gasteiger partial charge >= 0.3 is 0 Å². The van der Waals surface area contributed by atoms with Crippen LogP contribution in [0.1, 0.15) is 29.7 Å². The van der Waals surface area contributed by atoms with Crippen molar-refractivity contribution in [3.8, 4) is 23.0 Å². The molecule has 36 heavy (non-hydrogen) atoms. The van der Waals surface area contributed by atoms with Crippen LogP contribution in [0, 0.1) is 0 Å². The fourth-order valence-corrected chi connectivity index (χ4v) is 4.75. The number of likely N-dealkylation sites (N-methyl/N-ethyl adjacent to an activating group) is 1. The lowest BCUT2D eigenvalue weighted by Crippen LogP contribution is -2.35. The molecule has 2 aliphatic rings. The smallest absolute Gasteiger partial charge is 0.295 e. The van der Waals surface area contributed by atoms with Crippen molar-refractivity contribution < 1.29 is 33.6 Å². The van der Waals surface area contributed by atoms with Crippen LogP contribution in [0.2, 0.25) is 0 Å². The largest absolute Gasteiger partial charge is 0.507 e. The Kier molecular flexibility index (Phi) is 7.12. The molecule has 2 aliphatic heterocycles. The van der Waals surface area contributed by atoms with Crippen molar-refractivity contribution in [2.45, 2.75) is 25.5 Å². The third-order valence-corrected chi connectivity index (χ3v) is 6.50. The number of carbonyl (C=O) groups is 2. The van der Waals surface area contributed by atoms with Gasteiger partial charge in [0.1, 0.15) is 17.6 Å². The average Bonchev–Trinajstić information content (AvgIpc) is 3.36. The highest BCUT2D eigenvalue weighted by molar-refractivity contribution is 6.46. The van der Waals surface area contributed by atoms with E-state index >= 15 is 0 Å². The van der Waals surface area contributed by atoms with Crippen molar-refractivity contribution in [3.63, 3.8) is 0 Å². The quantitative estimate of drug-likeness (QED) is 0.338. The molecule has 2 aromatic rings. The molecule has 4 rings (SSSR count). The summed E-state index contributed by atoms with van der Waals surface area (Å²) in [5.74, 6) is 0.267. The second-order valence-corrected chi connectivity index (χ2v) is 9.21. The van der Waals surface area contributed by atoms with Crippen molar-refractivity contribution in [1.29, 1.82) is 0 Å². The van der Waals surface area contributed by atoms with Crippen molar-refractivity contribution in [3.05, 3.63) is 52.6 Å². The van der Waals surface area contributed by atoms with Gasteiger partial charge < -0.3 is 33.9 Å². The molecule has 2 heterocycles. The number of hydrogen-bond donors (Lipinski definition) is 1. The number of benzene rings is 2. The Morgan fingerprint density at radius 3 is 2.33 bits per heavy atom. The monoisotopic (exact) mass is 496 g/mol. The number of rotatable bonds is 8. The summed E-state index contributed by atoms with van der Waals surface area (Å²) in [4.78, 5) is 30.0. The molecule has 0 bridgehead atoms. The van der Waals surface area contributed by atoms with E-state index in [4.69, 9.17) is 18.9 Å². The summed E-state index contributed by atoms with van der Waals surface area (Å²) in [7, 11) is 8.27. The van der Waals surface area contributed by atoms with Crippen molar-refractivity contribution >= 4 is 17.4 Å². The van der Waals surface area contributed by atoms with Crippen LogP contribution >= 0.6 is 0 Å². The van der Waals surface area contributed by atoms with Crippen molar-refractivity contribution in [1.82, 2.24) is 9.80 Å². The molecule has 1 saturated heterocycles. The average molecular weight is 497 g/mol. The Balaban J connectivity index is 1.90. The van der Waals surface area contributed by atoms with E-state index in [2.05, 4.69) is 0 Å². The number of nitrogens with zero attached hydrogens (tertiary/aromatic N) is 2. The second kappa shape index (κ2) is 10.1. The maximum Gasteiger partial charge on any atom is 0.295 e. The molecule has 9 nitrogen and oxygen atoms in total. The molecular formula is C27H32N2O7. The van der Waals surface area contributed by atoms with Crippen LogP contribution in [-0.4, -0.2) is 81.2 Å². The molecule has 192 valence electrons. The second-order valence-electron chi connectivity index (χ2n) is 9.21. The number of ketones is 1. The zero-order valence-corrected chi connectivity index (χ0v) is 21.5. The molecule has 0 aromatic heterocycles. The maximum atomic E-state index is 13.3. The number of methoxy groups -OCH3 is 3. The molecule has 2 atom stereocenters. The van der Waals surface area contributed by atoms with E-state index in [1.165, 1.54) is 26.2 Å². The van der Waals surface area contributed by atoms with Gasteiger partial charge in [-0.15, -0.1) is 0 Å². The molecule has 0 aliphatic carbocycles. The number of amides is 1. The maximum absolute atomic E-state index is 13.3. The molecule has 1 amide bonds. The SMILES string of the molecule is COc1cc([C@@H]2C(=C(O)c3ccc4c(c3)C[C@H](C)O4)C(=O)C(=O)N2CCN(C)C)cc(OC)c1OC. The molecule has 0 radical (unpaired) electrons. The standard InChI is InChI=1S/C27H32N2O7/c1-15-11-17-12-16(7-8-19(17)36-15)24(30)22-23(29(10-9-28(2)3)27(32)25(22)31)18-13-20(33-4)26(35-6)21(14-18)34-5/h7-8,12-15,23,30H,9-11H2,1-6H3/t15-,23+/m0/s1. The van der Waals surface area contributed by atoms with Gasteiger partial charge in [-0.25, -0.2) is 0 Å². The third-order valence-electron chi connectivity index (χ3n) is 6.50. The van der Waals surface area contributed by atoms with Crippen LogP contribution in [0.4, 0.5) is 0 Å². The Morgan fingerprint density at radius 2 is 1.75 bits per heavy atom. The molecule has 2 aromatic carbocycles. The van der Waals surface area contributed by atoms with Crippen molar-refractivity contribution in [2.75, 3.05) is 48.5 Å². The summed E-state index contributed by atoms with van der Waals surface area (Å²) in [5.41, 5.74) is 1.97. The Morgan fingerprint density at radius 1 is 1.08 bits per heavy atom. The van der Waals surface area contributed by atoms with E-state index < -0.39 is 17.7 Å². The van der Waals surface area contributed by atoms with Gasteiger partial charge in [0, 0.05) is 25.1 Å². The predicted molar refractivity (Wildman–Crippen MR) is 134 cm³/mol. The minimum atomic E-state index is -0.845. The lowest BCUT2D eigenvalue weighted by molar-refractivity contribution is -0.140. The summed E-state index contributed by atoms with van der Waals surface area (Å²) >= 11 is 0. The first-order valence-corrected chi connectivity index (χ1v) is 11.7. The molecular weight excluding hydrogens is 464 g/mol. The topological polar surface area (TPSA) is 97.8 Å². The highest BCUT2D eigenvalue weighted by Gasteiger charge is 2.46.